The quantitative estimate of drug-likeness (QED) is 0.752. The third-order valence-corrected chi connectivity index (χ3v) is 4.09. The van der Waals surface area contributed by atoms with Crippen molar-refractivity contribution in [3.63, 3.8) is 0 Å². The van der Waals surface area contributed by atoms with E-state index in [9.17, 15) is 18.0 Å². The van der Waals surface area contributed by atoms with Crippen LogP contribution < -0.4 is 4.90 Å². The fraction of sp³-hybridized carbons (Fsp3) is 0.538. The highest BCUT2D eigenvalue weighted by Gasteiger charge is 2.42. The summed E-state index contributed by atoms with van der Waals surface area (Å²) in [6, 6.07) is 1.45. The molecular weight excluding hydrogens is 353 g/mol. The third kappa shape index (κ3) is 3.66. The zero-order valence-electron chi connectivity index (χ0n) is 11.3. The molecule has 0 aliphatic carbocycles. The molecule has 1 aromatic heterocycles. The molecule has 8 heteroatoms. The summed E-state index contributed by atoms with van der Waals surface area (Å²) in [7, 11) is 1.25. The number of halogens is 4. The highest BCUT2D eigenvalue weighted by molar-refractivity contribution is 9.10. The van der Waals surface area contributed by atoms with Crippen molar-refractivity contribution in [1.82, 2.24) is 4.98 Å². The van der Waals surface area contributed by atoms with Crippen LogP contribution in [0.3, 0.4) is 0 Å². The minimum atomic E-state index is -4.21. The Morgan fingerprint density at radius 1 is 1.52 bits per heavy atom. The highest BCUT2D eigenvalue weighted by Crippen LogP contribution is 2.34. The number of carbonyl (C=O) groups is 1. The first-order valence-electron chi connectivity index (χ1n) is 6.38. The van der Waals surface area contributed by atoms with Crippen molar-refractivity contribution in [3.8, 4) is 0 Å². The van der Waals surface area contributed by atoms with Gasteiger partial charge in [0.1, 0.15) is 5.82 Å². The molecule has 1 aromatic rings. The van der Waals surface area contributed by atoms with Crippen molar-refractivity contribution in [2.24, 2.45) is 5.92 Å². The van der Waals surface area contributed by atoms with E-state index in [1.165, 1.54) is 19.4 Å². The molecule has 0 amide bonds. The van der Waals surface area contributed by atoms with Crippen LogP contribution in [0.4, 0.5) is 19.0 Å². The molecule has 0 bridgehead atoms. The topological polar surface area (TPSA) is 42.4 Å². The third-order valence-electron chi connectivity index (χ3n) is 3.45. The van der Waals surface area contributed by atoms with E-state index in [-0.39, 0.29) is 18.5 Å². The number of nitrogens with zero attached hydrogens (tertiary/aromatic N) is 2. The molecule has 1 saturated heterocycles. The highest BCUT2D eigenvalue weighted by atomic mass is 79.9. The van der Waals surface area contributed by atoms with Crippen LogP contribution in [0.25, 0.3) is 0 Å². The molecular formula is C13H14BrF3N2O2. The van der Waals surface area contributed by atoms with Gasteiger partial charge < -0.3 is 9.64 Å². The molecule has 4 nitrogen and oxygen atoms in total. The van der Waals surface area contributed by atoms with E-state index in [1.54, 1.807) is 4.90 Å². The Bertz CT molecular complexity index is 537. The summed E-state index contributed by atoms with van der Waals surface area (Å²) in [6.07, 6.45) is -2.24. The van der Waals surface area contributed by atoms with Gasteiger partial charge in [-0.1, -0.05) is 0 Å². The molecule has 1 atom stereocenters. The van der Waals surface area contributed by atoms with E-state index in [0.717, 1.165) is 0 Å². The Balaban J connectivity index is 2.24. The average molecular weight is 367 g/mol. The summed E-state index contributed by atoms with van der Waals surface area (Å²) >= 11 is 3.18. The van der Waals surface area contributed by atoms with E-state index >= 15 is 0 Å². The zero-order valence-corrected chi connectivity index (χ0v) is 12.9. The summed E-state index contributed by atoms with van der Waals surface area (Å²) in [5.41, 5.74) is 0.247. The van der Waals surface area contributed by atoms with Crippen LogP contribution in [-0.4, -0.2) is 37.3 Å². The number of piperidine rings is 1. The van der Waals surface area contributed by atoms with Gasteiger partial charge in [-0.2, -0.15) is 13.2 Å². The molecule has 1 fully saturated rings. The molecule has 1 aliphatic rings. The maximum atomic E-state index is 12.8. The van der Waals surface area contributed by atoms with E-state index in [0.29, 0.717) is 23.3 Å². The van der Waals surface area contributed by atoms with Crippen molar-refractivity contribution >= 4 is 27.7 Å². The number of methoxy groups -OCH3 is 1. The number of esters is 1. The summed E-state index contributed by atoms with van der Waals surface area (Å²) in [5.74, 6) is -1.57. The number of rotatable bonds is 2. The minimum Gasteiger partial charge on any atom is -0.465 e. The summed E-state index contributed by atoms with van der Waals surface area (Å²) in [4.78, 5) is 17.3. The maximum absolute atomic E-state index is 12.8. The van der Waals surface area contributed by atoms with Crippen LogP contribution in [0.5, 0.6) is 0 Å². The number of pyridine rings is 1. The number of anilines is 1. The molecule has 0 radical (unpaired) electrons. The monoisotopic (exact) mass is 366 g/mol. The number of ether oxygens (including phenoxy) is 1. The smallest absolute Gasteiger partial charge is 0.393 e. The molecule has 116 valence electrons. The molecule has 0 aromatic carbocycles. The van der Waals surface area contributed by atoms with Crippen LogP contribution in [0.1, 0.15) is 23.2 Å². The van der Waals surface area contributed by atoms with Gasteiger partial charge in [0.2, 0.25) is 0 Å². The van der Waals surface area contributed by atoms with Crippen LogP contribution in [0.2, 0.25) is 0 Å². The van der Waals surface area contributed by atoms with Crippen LogP contribution in [0, 0.1) is 5.92 Å². The first-order valence-corrected chi connectivity index (χ1v) is 7.17. The molecule has 1 aliphatic heterocycles. The molecule has 2 rings (SSSR count). The van der Waals surface area contributed by atoms with Crippen molar-refractivity contribution < 1.29 is 22.7 Å². The van der Waals surface area contributed by atoms with Gasteiger partial charge in [-0.25, -0.2) is 9.78 Å². The first-order chi connectivity index (χ1) is 9.82. The lowest BCUT2D eigenvalue weighted by Gasteiger charge is -2.34. The Kier molecular flexibility index (Phi) is 4.75. The van der Waals surface area contributed by atoms with Crippen LogP contribution in [0.15, 0.2) is 16.7 Å². The minimum absolute atomic E-state index is 0.125. The second kappa shape index (κ2) is 6.21. The van der Waals surface area contributed by atoms with E-state index in [2.05, 4.69) is 25.7 Å². The fourth-order valence-corrected chi connectivity index (χ4v) is 2.70. The Hall–Kier alpha value is -1.31. The Morgan fingerprint density at radius 3 is 2.86 bits per heavy atom. The number of hydrogen-bond acceptors (Lipinski definition) is 4. The van der Waals surface area contributed by atoms with E-state index < -0.39 is 18.1 Å². The van der Waals surface area contributed by atoms with Crippen molar-refractivity contribution in [3.05, 3.63) is 22.3 Å². The van der Waals surface area contributed by atoms with Gasteiger partial charge in [-0.05, 0) is 34.8 Å². The van der Waals surface area contributed by atoms with Gasteiger partial charge in [-0.15, -0.1) is 0 Å². The van der Waals surface area contributed by atoms with Crippen molar-refractivity contribution in [2.75, 3.05) is 25.1 Å². The van der Waals surface area contributed by atoms with Gasteiger partial charge in [0.05, 0.1) is 23.1 Å². The number of hydrogen-bond donors (Lipinski definition) is 0. The van der Waals surface area contributed by atoms with Gasteiger partial charge in [0, 0.05) is 19.3 Å². The number of alkyl halides is 3. The maximum Gasteiger partial charge on any atom is 0.393 e. The van der Waals surface area contributed by atoms with Crippen molar-refractivity contribution in [1.29, 1.82) is 0 Å². The summed E-state index contributed by atoms with van der Waals surface area (Å²) in [5, 5.41) is 0. The number of carbonyl (C=O) groups excluding carboxylic acids is 1. The normalized spacial score (nSPS) is 19.5. The fourth-order valence-electron chi connectivity index (χ4n) is 2.32. The average Bonchev–Trinajstić information content (AvgIpc) is 2.46. The Morgan fingerprint density at radius 2 is 2.24 bits per heavy atom. The lowest BCUT2D eigenvalue weighted by molar-refractivity contribution is -0.176. The molecule has 1 unspecified atom stereocenters. The van der Waals surface area contributed by atoms with Crippen LogP contribution >= 0.6 is 15.9 Å². The second-order valence-corrected chi connectivity index (χ2v) is 5.70. The van der Waals surface area contributed by atoms with E-state index in [4.69, 9.17) is 0 Å². The lowest BCUT2D eigenvalue weighted by Crippen LogP contribution is -2.42. The van der Waals surface area contributed by atoms with Crippen molar-refractivity contribution in [2.45, 2.75) is 19.0 Å². The van der Waals surface area contributed by atoms with Gasteiger partial charge in [0.15, 0.2) is 0 Å². The van der Waals surface area contributed by atoms with Gasteiger partial charge in [0.25, 0.3) is 0 Å². The largest absolute Gasteiger partial charge is 0.465 e. The van der Waals surface area contributed by atoms with E-state index in [1.807, 2.05) is 0 Å². The molecule has 2 heterocycles. The molecule has 0 saturated carbocycles. The lowest BCUT2D eigenvalue weighted by atomic mass is 9.97. The summed E-state index contributed by atoms with van der Waals surface area (Å²) < 4.78 is 43.6. The molecule has 21 heavy (non-hydrogen) atoms. The standard InChI is InChI=1S/C13H14BrF3N2O2/c1-21-12(20)9-5-11(18-6-10(9)14)19-4-2-3-8(7-19)13(15,16)17/h5-6,8H,2-4,7H2,1H3. The van der Waals surface area contributed by atoms with Gasteiger partial charge in [-0.3, -0.25) is 0 Å². The molecule has 0 spiro atoms. The predicted octanol–water partition coefficient (Wildman–Crippen LogP) is 3.41. The zero-order chi connectivity index (χ0) is 15.6. The van der Waals surface area contributed by atoms with Gasteiger partial charge >= 0.3 is 12.1 Å². The number of aromatic nitrogens is 1. The second-order valence-electron chi connectivity index (χ2n) is 4.84. The van der Waals surface area contributed by atoms with Crippen LogP contribution in [-0.2, 0) is 4.74 Å². The summed E-state index contributed by atoms with van der Waals surface area (Å²) in [6.45, 7) is 0.348. The Labute approximate surface area is 128 Å². The first kappa shape index (κ1) is 16.1. The SMILES string of the molecule is COC(=O)c1cc(N2CCCC(C(F)(F)F)C2)ncc1Br. The predicted molar refractivity (Wildman–Crippen MR) is 74.3 cm³/mol. The molecule has 0 N–H and O–H groups in total.